The Hall–Kier alpha value is -5.54. The quantitative estimate of drug-likeness (QED) is 0.248. The number of hydrogen-bond acceptors (Lipinski definition) is 10. The lowest BCUT2D eigenvalue weighted by molar-refractivity contribution is -0.126. The molecule has 6 atom stereocenters. The molecule has 0 unspecified atom stereocenters. The maximum atomic E-state index is 14.1. The summed E-state index contributed by atoms with van der Waals surface area (Å²) in [6.07, 6.45) is 3.52. The third-order valence-corrected chi connectivity index (χ3v) is 8.97. The number of rotatable bonds is 6. The van der Waals surface area contributed by atoms with Crippen LogP contribution in [0.4, 0.5) is 0 Å². The van der Waals surface area contributed by atoms with Crippen LogP contribution in [-0.4, -0.2) is 81.0 Å². The lowest BCUT2D eigenvalue weighted by Gasteiger charge is -2.25. The molecule has 6 amide bonds. The van der Waals surface area contributed by atoms with Gasteiger partial charge in [0.2, 0.25) is 35.4 Å². The predicted octanol–water partition coefficient (Wildman–Crippen LogP) is 1.08. The number of nitrogens with zero attached hydrogens (tertiary/aromatic N) is 3. The summed E-state index contributed by atoms with van der Waals surface area (Å²) in [6.45, 7) is 5.43. The molecule has 0 spiro atoms. The SMILES string of the molecule is CC(C)C[C@H]1NC(=O)c2coc(n2)[C@H](Cc2ccccc2)NC(=O)[C@@H]2C[C@H](NC(=O)[C@H]3CCC(=O)N3)CN2C(=O)c2coc(n2)[C@@H](C)NC1=O. The fourth-order valence-electron chi connectivity index (χ4n) is 6.44. The Morgan fingerprint density at radius 2 is 1.64 bits per heavy atom. The molecule has 0 aliphatic carbocycles. The number of amides is 6. The number of fused-ring (bicyclic) bond motifs is 5. The van der Waals surface area contributed by atoms with Crippen LogP contribution in [0, 0.1) is 5.92 Å². The average Bonchev–Trinajstić information content (AvgIpc) is 3.90. The van der Waals surface area contributed by atoms with Gasteiger partial charge in [0.1, 0.15) is 42.7 Å². The molecule has 3 aliphatic heterocycles. The summed E-state index contributed by atoms with van der Waals surface area (Å²) in [5, 5.41) is 14.0. The van der Waals surface area contributed by atoms with Crippen LogP contribution in [0.2, 0.25) is 0 Å². The van der Waals surface area contributed by atoms with E-state index in [9.17, 15) is 28.8 Å². The van der Waals surface area contributed by atoms with Gasteiger partial charge in [-0.1, -0.05) is 44.2 Å². The van der Waals surface area contributed by atoms with Gasteiger partial charge in [-0.2, -0.15) is 0 Å². The molecule has 50 heavy (non-hydrogen) atoms. The number of aromatic nitrogens is 2. The molecule has 5 heterocycles. The van der Waals surface area contributed by atoms with Gasteiger partial charge >= 0.3 is 0 Å². The summed E-state index contributed by atoms with van der Waals surface area (Å²) in [7, 11) is 0. The van der Waals surface area contributed by atoms with Crippen LogP contribution in [-0.2, 0) is 25.6 Å². The summed E-state index contributed by atoms with van der Waals surface area (Å²) in [5.74, 6) is -2.78. The zero-order valence-corrected chi connectivity index (χ0v) is 27.9. The first-order chi connectivity index (χ1) is 23.9. The fourth-order valence-corrected chi connectivity index (χ4v) is 6.44. The Morgan fingerprint density at radius 1 is 0.920 bits per heavy atom. The van der Waals surface area contributed by atoms with Gasteiger partial charge in [-0.25, -0.2) is 9.97 Å². The molecule has 1 aromatic carbocycles. The predicted molar refractivity (Wildman–Crippen MR) is 174 cm³/mol. The topological polar surface area (TPSA) is 218 Å². The van der Waals surface area contributed by atoms with Gasteiger partial charge in [0.25, 0.3) is 11.8 Å². The maximum absolute atomic E-state index is 14.1. The molecule has 264 valence electrons. The second-order valence-corrected chi connectivity index (χ2v) is 13.4. The first-order valence-corrected chi connectivity index (χ1v) is 16.7. The maximum Gasteiger partial charge on any atom is 0.276 e. The molecule has 5 N–H and O–H groups in total. The number of hydrogen-bond donors (Lipinski definition) is 5. The van der Waals surface area contributed by atoms with E-state index in [1.165, 1.54) is 11.2 Å². The minimum Gasteiger partial charge on any atom is -0.446 e. The average molecular weight is 689 g/mol. The van der Waals surface area contributed by atoms with E-state index in [-0.39, 0.29) is 60.8 Å². The van der Waals surface area contributed by atoms with Gasteiger partial charge < -0.3 is 40.3 Å². The highest BCUT2D eigenvalue weighted by molar-refractivity contribution is 5.98. The molecule has 3 aliphatic rings. The number of oxazole rings is 2. The highest BCUT2D eigenvalue weighted by atomic mass is 16.3. The molecular formula is C34H40N8O8. The third-order valence-electron chi connectivity index (χ3n) is 8.97. The first kappa shape index (κ1) is 34.3. The monoisotopic (exact) mass is 688 g/mol. The normalized spacial score (nSPS) is 26.0. The van der Waals surface area contributed by atoms with Crippen LogP contribution in [0.25, 0.3) is 0 Å². The molecule has 2 saturated heterocycles. The first-order valence-electron chi connectivity index (χ1n) is 16.7. The molecule has 16 nitrogen and oxygen atoms in total. The molecule has 0 radical (unpaired) electrons. The van der Waals surface area contributed by atoms with E-state index in [1.54, 1.807) is 6.92 Å². The van der Waals surface area contributed by atoms with E-state index >= 15 is 0 Å². The van der Waals surface area contributed by atoms with Gasteiger partial charge in [0, 0.05) is 25.4 Å². The Kier molecular flexibility index (Phi) is 9.97. The molecule has 2 aromatic heterocycles. The van der Waals surface area contributed by atoms with E-state index in [0.29, 0.717) is 12.8 Å². The smallest absolute Gasteiger partial charge is 0.276 e. The van der Waals surface area contributed by atoms with E-state index in [0.717, 1.165) is 11.8 Å². The van der Waals surface area contributed by atoms with Crippen LogP contribution in [0.3, 0.4) is 0 Å². The lowest BCUT2D eigenvalue weighted by Crippen LogP contribution is -2.48. The second kappa shape index (κ2) is 14.5. The van der Waals surface area contributed by atoms with Gasteiger partial charge in [0.15, 0.2) is 11.4 Å². The second-order valence-electron chi connectivity index (χ2n) is 13.4. The lowest BCUT2D eigenvalue weighted by atomic mass is 10.0. The van der Waals surface area contributed by atoms with E-state index in [4.69, 9.17) is 8.83 Å². The van der Waals surface area contributed by atoms with Crippen molar-refractivity contribution in [2.24, 2.45) is 5.92 Å². The van der Waals surface area contributed by atoms with Crippen molar-refractivity contribution in [3.63, 3.8) is 0 Å². The van der Waals surface area contributed by atoms with E-state index < -0.39 is 65.8 Å². The fraction of sp³-hybridized carbons (Fsp3) is 0.471. The molecule has 0 saturated carbocycles. The van der Waals surface area contributed by atoms with Crippen molar-refractivity contribution >= 4 is 35.4 Å². The van der Waals surface area contributed by atoms with Crippen molar-refractivity contribution in [3.8, 4) is 0 Å². The largest absolute Gasteiger partial charge is 0.446 e. The van der Waals surface area contributed by atoms with Gasteiger partial charge in [0.05, 0.1) is 0 Å². The van der Waals surface area contributed by atoms with Crippen LogP contribution in [0.1, 0.15) is 96.9 Å². The van der Waals surface area contributed by atoms with Crippen molar-refractivity contribution in [1.82, 2.24) is 41.5 Å². The van der Waals surface area contributed by atoms with Crippen LogP contribution >= 0.6 is 0 Å². The van der Waals surface area contributed by atoms with Gasteiger partial charge in [-0.15, -0.1) is 0 Å². The number of benzene rings is 1. The molecule has 4 bridgehead atoms. The van der Waals surface area contributed by atoms with Crippen LogP contribution < -0.4 is 26.6 Å². The zero-order valence-electron chi connectivity index (χ0n) is 27.9. The summed E-state index contributed by atoms with van der Waals surface area (Å²) in [4.78, 5) is 89.7. The minimum absolute atomic E-state index is 0.0264. The Bertz CT molecular complexity index is 1770. The molecule has 3 aromatic rings. The molecular weight excluding hydrogens is 648 g/mol. The van der Waals surface area contributed by atoms with Crippen molar-refractivity contribution in [3.05, 3.63) is 71.6 Å². The Balaban J connectivity index is 1.34. The summed E-state index contributed by atoms with van der Waals surface area (Å²) in [6, 6.07) is 4.31. The van der Waals surface area contributed by atoms with Gasteiger partial charge in [-0.05, 0) is 37.7 Å². The van der Waals surface area contributed by atoms with Crippen molar-refractivity contribution in [2.45, 2.75) is 89.1 Å². The number of carbonyl (C=O) groups is 6. The van der Waals surface area contributed by atoms with Crippen molar-refractivity contribution in [1.29, 1.82) is 0 Å². The van der Waals surface area contributed by atoms with E-state index in [1.807, 2.05) is 44.2 Å². The van der Waals surface area contributed by atoms with Crippen molar-refractivity contribution in [2.75, 3.05) is 6.54 Å². The molecule has 16 heteroatoms. The standard InChI is InChI=1S/C34H40N8O8/c1-17(2)11-22-29(45)35-18(3)32-41-25(16-49-32)34(48)42-14-20(36-28(44)21-9-10-27(43)37-21)13-26(42)31(47)39-23(12-19-7-5-4-6-8-19)33-40-24(15-50-33)30(46)38-22/h4-8,15-18,20-23,26H,9-14H2,1-3H3,(H,35,45)(H,36,44)(H,37,43)(H,38,46)(H,39,47)/t18-,20+,21-,22-,23+,26+/m1/s1. The highest BCUT2D eigenvalue weighted by Gasteiger charge is 2.43. The minimum atomic E-state index is -1.06. The van der Waals surface area contributed by atoms with Gasteiger partial charge in [-0.3, -0.25) is 28.8 Å². The van der Waals surface area contributed by atoms with Crippen LogP contribution in [0.15, 0.2) is 51.7 Å². The Labute approximate surface area is 287 Å². The summed E-state index contributed by atoms with van der Waals surface area (Å²) < 4.78 is 11.4. The highest BCUT2D eigenvalue weighted by Crippen LogP contribution is 2.26. The number of nitrogens with one attached hydrogen (secondary N) is 5. The third kappa shape index (κ3) is 7.68. The Morgan fingerprint density at radius 3 is 2.36 bits per heavy atom. The molecule has 2 fully saturated rings. The zero-order chi connectivity index (χ0) is 35.5. The van der Waals surface area contributed by atoms with Crippen LogP contribution in [0.5, 0.6) is 0 Å². The summed E-state index contributed by atoms with van der Waals surface area (Å²) in [5.41, 5.74) is 0.658. The summed E-state index contributed by atoms with van der Waals surface area (Å²) >= 11 is 0. The van der Waals surface area contributed by atoms with Crippen molar-refractivity contribution < 1.29 is 37.6 Å². The number of carbonyl (C=O) groups excluding carboxylic acids is 6. The van der Waals surface area contributed by atoms with E-state index in [2.05, 4.69) is 36.6 Å². The molecule has 6 rings (SSSR count).